The molecule has 0 aromatic heterocycles. The third-order valence-corrected chi connectivity index (χ3v) is 4.59. The summed E-state index contributed by atoms with van der Waals surface area (Å²) in [5.74, 6) is -1.38. The van der Waals surface area contributed by atoms with Crippen LogP contribution >= 0.6 is 0 Å². The van der Waals surface area contributed by atoms with Gasteiger partial charge in [0.05, 0.1) is 12.2 Å². The highest BCUT2D eigenvalue weighted by Crippen LogP contribution is 2.30. The first-order valence-electron chi connectivity index (χ1n) is 7.59. The van der Waals surface area contributed by atoms with Crippen LogP contribution in [0.4, 0.5) is 4.39 Å². The lowest BCUT2D eigenvalue weighted by Gasteiger charge is -2.46. The second kappa shape index (κ2) is 5.85. The maximum absolute atomic E-state index is 13.1. The first-order valence-corrected chi connectivity index (χ1v) is 7.59. The predicted octanol–water partition coefficient (Wildman–Crippen LogP) is 1.47. The van der Waals surface area contributed by atoms with Crippen molar-refractivity contribution in [2.24, 2.45) is 0 Å². The van der Waals surface area contributed by atoms with Gasteiger partial charge in [0, 0.05) is 31.7 Å². The number of likely N-dealkylation sites (tertiary alicyclic amines) is 1. The summed E-state index contributed by atoms with van der Waals surface area (Å²) in [6.45, 7) is 3.80. The van der Waals surface area contributed by atoms with Gasteiger partial charge in [-0.05, 0) is 38.1 Å². The third-order valence-electron chi connectivity index (χ3n) is 4.59. The van der Waals surface area contributed by atoms with Crippen molar-refractivity contribution >= 4 is 5.91 Å². The number of carbonyl (C=O) groups excluding carboxylic acids is 1. The number of ether oxygens (including phenoxy) is 1. The van der Waals surface area contributed by atoms with Crippen molar-refractivity contribution in [1.29, 1.82) is 0 Å². The summed E-state index contributed by atoms with van der Waals surface area (Å²) in [4.78, 5) is 16.4. The van der Waals surface area contributed by atoms with E-state index in [9.17, 15) is 14.3 Å². The van der Waals surface area contributed by atoms with Gasteiger partial charge in [-0.15, -0.1) is 0 Å². The standard InChI is InChI=1S/C16H21FN2O3/c1-18-8-9-22-16(11-18)4-6-19(7-5-16)15(21)12-2-3-13(17)14(20)10-12/h2-3,10,20H,4-9,11H2,1H3. The highest BCUT2D eigenvalue weighted by atomic mass is 19.1. The average Bonchev–Trinajstić information content (AvgIpc) is 2.50. The number of aromatic hydroxyl groups is 1. The molecule has 1 aromatic rings. The first-order chi connectivity index (χ1) is 10.5. The number of benzene rings is 1. The zero-order valence-electron chi connectivity index (χ0n) is 12.7. The maximum atomic E-state index is 13.1. The molecule has 0 aliphatic carbocycles. The van der Waals surface area contributed by atoms with E-state index in [4.69, 9.17) is 4.74 Å². The van der Waals surface area contributed by atoms with Gasteiger partial charge in [0.15, 0.2) is 11.6 Å². The van der Waals surface area contributed by atoms with Gasteiger partial charge in [-0.3, -0.25) is 4.79 Å². The van der Waals surface area contributed by atoms with Crippen molar-refractivity contribution in [3.8, 4) is 5.75 Å². The molecule has 3 rings (SSSR count). The number of carbonyl (C=O) groups is 1. The Labute approximate surface area is 129 Å². The van der Waals surface area contributed by atoms with Crippen molar-refractivity contribution in [1.82, 2.24) is 9.80 Å². The summed E-state index contributed by atoms with van der Waals surface area (Å²) in [6, 6.07) is 3.72. The molecule has 0 radical (unpaired) electrons. The number of phenols is 1. The molecule has 2 saturated heterocycles. The molecule has 2 aliphatic heterocycles. The average molecular weight is 308 g/mol. The summed E-state index contributed by atoms with van der Waals surface area (Å²) in [7, 11) is 2.09. The van der Waals surface area contributed by atoms with Crippen molar-refractivity contribution in [2.45, 2.75) is 18.4 Å². The van der Waals surface area contributed by atoms with Gasteiger partial charge < -0.3 is 19.6 Å². The minimum absolute atomic E-state index is 0.144. The van der Waals surface area contributed by atoms with Gasteiger partial charge in [-0.1, -0.05) is 0 Å². The molecule has 22 heavy (non-hydrogen) atoms. The van der Waals surface area contributed by atoms with Crippen LogP contribution in [0, 0.1) is 5.82 Å². The lowest BCUT2D eigenvalue weighted by atomic mass is 9.89. The fraction of sp³-hybridized carbons (Fsp3) is 0.562. The lowest BCUT2D eigenvalue weighted by molar-refractivity contribution is -0.127. The lowest BCUT2D eigenvalue weighted by Crippen LogP contribution is -2.56. The summed E-state index contributed by atoms with van der Waals surface area (Å²) < 4.78 is 19.1. The fourth-order valence-corrected chi connectivity index (χ4v) is 3.28. The Bertz CT molecular complexity index is 571. The molecule has 0 atom stereocenters. The number of halogens is 1. The highest BCUT2D eigenvalue weighted by molar-refractivity contribution is 5.94. The van der Waals surface area contributed by atoms with Crippen molar-refractivity contribution in [3.63, 3.8) is 0 Å². The molecule has 2 fully saturated rings. The second-order valence-electron chi connectivity index (χ2n) is 6.23. The van der Waals surface area contributed by atoms with Gasteiger partial charge in [0.2, 0.25) is 0 Å². The van der Waals surface area contributed by atoms with Crippen LogP contribution in [0.1, 0.15) is 23.2 Å². The third kappa shape index (κ3) is 2.94. The summed E-state index contributed by atoms with van der Waals surface area (Å²) in [5, 5.41) is 9.40. The van der Waals surface area contributed by atoms with Crippen LogP contribution in [0.5, 0.6) is 5.75 Å². The largest absolute Gasteiger partial charge is 0.505 e. The number of hydrogen-bond donors (Lipinski definition) is 1. The molecule has 0 bridgehead atoms. The summed E-state index contributed by atoms with van der Waals surface area (Å²) in [5.41, 5.74) is 0.172. The van der Waals surface area contributed by atoms with Gasteiger partial charge in [-0.2, -0.15) is 0 Å². The number of likely N-dealkylation sites (N-methyl/N-ethyl adjacent to an activating group) is 1. The minimum Gasteiger partial charge on any atom is -0.505 e. The van der Waals surface area contributed by atoms with E-state index in [2.05, 4.69) is 11.9 Å². The van der Waals surface area contributed by atoms with Crippen LogP contribution in [0.3, 0.4) is 0 Å². The molecule has 1 N–H and O–H groups in total. The van der Waals surface area contributed by atoms with Crippen LogP contribution in [-0.4, -0.2) is 66.2 Å². The Morgan fingerprint density at radius 1 is 1.32 bits per heavy atom. The van der Waals surface area contributed by atoms with E-state index in [-0.39, 0.29) is 11.5 Å². The minimum atomic E-state index is -0.715. The number of nitrogens with zero attached hydrogens (tertiary/aromatic N) is 2. The Hall–Kier alpha value is -1.66. The normalized spacial score (nSPS) is 22.0. The van der Waals surface area contributed by atoms with E-state index in [1.807, 2.05) is 0 Å². The maximum Gasteiger partial charge on any atom is 0.253 e. The van der Waals surface area contributed by atoms with Crippen LogP contribution in [0.15, 0.2) is 18.2 Å². The van der Waals surface area contributed by atoms with Crippen LogP contribution < -0.4 is 0 Å². The fourth-order valence-electron chi connectivity index (χ4n) is 3.28. The van der Waals surface area contributed by atoms with Crippen LogP contribution in [0.2, 0.25) is 0 Å². The quantitative estimate of drug-likeness (QED) is 0.853. The van der Waals surface area contributed by atoms with E-state index < -0.39 is 11.6 Å². The van der Waals surface area contributed by atoms with Crippen molar-refractivity contribution in [3.05, 3.63) is 29.6 Å². The van der Waals surface area contributed by atoms with Gasteiger partial charge in [0.1, 0.15) is 0 Å². The molecule has 1 amide bonds. The highest BCUT2D eigenvalue weighted by Gasteiger charge is 2.39. The number of hydrogen-bond acceptors (Lipinski definition) is 4. The molecule has 5 nitrogen and oxygen atoms in total. The summed E-state index contributed by atoms with van der Waals surface area (Å²) in [6.07, 6.45) is 1.60. The van der Waals surface area contributed by atoms with E-state index in [0.29, 0.717) is 18.7 Å². The number of morpholine rings is 1. The zero-order valence-corrected chi connectivity index (χ0v) is 12.7. The first kappa shape index (κ1) is 15.2. The molecule has 0 unspecified atom stereocenters. The predicted molar refractivity (Wildman–Crippen MR) is 79.4 cm³/mol. The number of rotatable bonds is 1. The molecular formula is C16H21FN2O3. The number of phenolic OH excluding ortho intramolecular Hbond substituents is 1. The molecule has 1 aromatic carbocycles. The smallest absolute Gasteiger partial charge is 0.253 e. The van der Waals surface area contributed by atoms with Gasteiger partial charge in [-0.25, -0.2) is 4.39 Å². The Balaban J connectivity index is 1.65. The molecule has 0 saturated carbocycles. The number of piperidine rings is 1. The van der Waals surface area contributed by atoms with Crippen molar-refractivity contribution < 1.29 is 19.0 Å². The van der Waals surface area contributed by atoms with E-state index in [1.54, 1.807) is 4.90 Å². The van der Waals surface area contributed by atoms with Crippen molar-refractivity contribution in [2.75, 3.05) is 39.8 Å². The van der Waals surface area contributed by atoms with Crippen LogP contribution in [-0.2, 0) is 4.74 Å². The molecule has 2 aliphatic rings. The molecule has 120 valence electrons. The Morgan fingerprint density at radius 2 is 2.05 bits per heavy atom. The molecule has 1 spiro atoms. The Kier molecular flexibility index (Phi) is 4.06. The van der Waals surface area contributed by atoms with Crippen LogP contribution in [0.25, 0.3) is 0 Å². The van der Waals surface area contributed by atoms with E-state index >= 15 is 0 Å². The SMILES string of the molecule is CN1CCOC2(CCN(C(=O)c3ccc(F)c(O)c3)CC2)C1. The van der Waals surface area contributed by atoms with E-state index in [1.165, 1.54) is 12.1 Å². The van der Waals surface area contributed by atoms with E-state index in [0.717, 1.165) is 38.6 Å². The second-order valence-corrected chi connectivity index (χ2v) is 6.23. The van der Waals surface area contributed by atoms with Gasteiger partial charge >= 0.3 is 0 Å². The topological polar surface area (TPSA) is 53.0 Å². The molecular weight excluding hydrogens is 287 g/mol. The summed E-state index contributed by atoms with van der Waals surface area (Å²) >= 11 is 0. The Morgan fingerprint density at radius 3 is 2.68 bits per heavy atom. The van der Waals surface area contributed by atoms with Gasteiger partial charge in [0.25, 0.3) is 5.91 Å². The zero-order chi connectivity index (χ0) is 15.7. The number of amides is 1. The molecule has 2 heterocycles. The molecule has 6 heteroatoms. The monoisotopic (exact) mass is 308 g/mol.